The lowest BCUT2D eigenvalue weighted by Crippen LogP contribution is -2.47. The van der Waals surface area contributed by atoms with Gasteiger partial charge < -0.3 is 9.47 Å². The molecular formula is C20H22Cl2N2O4. The molecule has 2 aromatic rings. The third kappa shape index (κ3) is 6.32. The van der Waals surface area contributed by atoms with E-state index in [2.05, 4.69) is 10.9 Å². The molecule has 2 amide bonds. The fourth-order valence-corrected chi connectivity index (χ4v) is 2.59. The highest BCUT2D eigenvalue weighted by molar-refractivity contribution is 6.35. The zero-order chi connectivity index (χ0) is 20.7. The van der Waals surface area contributed by atoms with E-state index in [1.54, 1.807) is 36.4 Å². The number of halogens is 2. The van der Waals surface area contributed by atoms with Gasteiger partial charge in [0.2, 0.25) is 0 Å². The summed E-state index contributed by atoms with van der Waals surface area (Å²) in [5, 5.41) is 0.743. The second-order valence-corrected chi connectivity index (χ2v) is 7.32. The van der Waals surface area contributed by atoms with Crippen molar-refractivity contribution in [1.29, 1.82) is 0 Å². The highest BCUT2D eigenvalue weighted by Gasteiger charge is 2.18. The summed E-state index contributed by atoms with van der Waals surface area (Å²) in [5.41, 5.74) is 5.02. The van der Waals surface area contributed by atoms with Gasteiger partial charge in [0.05, 0.1) is 17.2 Å². The lowest BCUT2D eigenvalue weighted by Gasteiger charge is -2.17. The number of hydrazine groups is 1. The largest absolute Gasteiger partial charge is 0.492 e. The van der Waals surface area contributed by atoms with Gasteiger partial charge >= 0.3 is 0 Å². The third-order valence-electron chi connectivity index (χ3n) is 3.57. The van der Waals surface area contributed by atoms with Crippen molar-refractivity contribution < 1.29 is 19.1 Å². The number of rotatable bonds is 7. The molecule has 0 heterocycles. The van der Waals surface area contributed by atoms with E-state index in [1.807, 2.05) is 13.8 Å². The van der Waals surface area contributed by atoms with Gasteiger partial charge in [0.1, 0.15) is 11.5 Å². The van der Waals surface area contributed by atoms with Crippen LogP contribution in [0.4, 0.5) is 0 Å². The van der Waals surface area contributed by atoms with Gasteiger partial charge in [-0.05, 0) is 43.2 Å². The van der Waals surface area contributed by atoms with E-state index in [4.69, 9.17) is 32.7 Å². The molecule has 0 fully saturated rings. The van der Waals surface area contributed by atoms with E-state index in [-0.39, 0.29) is 5.02 Å². The van der Waals surface area contributed by atoms with E-state index >= 15 is 0 Å². The Bertz CT molecular complexity index is 843. The van der Waals surface area contributed by atoms with Gasteiger partial charge in [-0.1, -0.05) is 49.2 Å². The van der Waals surface area contributed by atoms with E-state index < -0.39 is 17.9 Å². The summed E-state index contributed by atoms with van der Waals surface area (Å²) in [6, 6.07) is 11.5. The molecule has 0 bridgehead atoms. The molecule has 150 valence electrons. The fourth-order valence-electron chi connectivity index (χ4n) is 2.14. The molecule has 6 nitrogen and oxygen atoms in total. The van der Waals surface area contributed by atoms with Crippen LogP contribution < -0.4 is 20.3 Å². The van der Waals surface area contributed by atoms with E-state index in [0.717, 1.165) is 0 Å². The normalized spacial score (nSPS) is 11.6. The molecule has 0 aliphatic carbocycles. The van der Waals surface area contributed by atoms with Crippen LogP contribution in [0.3, 0.4) is 0 Å². The maximum atomic E-state index is 12.4. The van der Waals surface area contributed by atoms with Gasteiger partial charge in [0.25, 0.3) is 11.8 Å². The monoisotopic (exact) mass is 424 g/mol. The molecule has 0 radical (unpaired) electrons. The Hall–Kier alpha value is -2.44. The van der Waals surface area contributed by atoms with Gasteiger partial charge in [-0.3, -0.25) is 20.4 Å². The summed E-state index contributed by atoms with van der Waals surface area (Å²) in [6.07, 6.45) is -0.897. The first-order chi connectivity index (χ1) is 13.3. The summed E-state index contributed by atoms with van der Waals surface area (Å²) in [6.45, 7) is 6.03. The Kier molecular flexibility index (Phi) is 7.96. The Balaban J connectivity index is 1.94. The van der Waals surface area contributed by atoms with Crippen LogP contribution in [0.1, 0.15) is 31.1 Å². The summed E-state index contributed by atoms with van der Waals surface area (Å²) in [7, 11) is 0. The molecular weight excluding hydrogens is 403 g/mol. The van der Waals surface area contributed by atoms with Crippen LogP contribution >= 0.6 is 23.2 Å². The van der Waals surface area contributed by atoms with Crippen LogP contribution in [0.5, 0.6) is 11.5 Å². The van der Waals surface area contributed by atoms with Gasteiger partial charge in [0.15, 0.2) is 6.10 Å². The van der Waals surface area contributed by atoms with Crippen LogP contribution in [0, 0.1) is 5.92 Å². The van der Waals surface area contributed by atoms with Crippen LogP contribution in [0.2, 0.25) is 10.0 Å². The Morgan fingerprint density at radius 2 is 1.71 bits per heavy atom. The number of carbonyl (C=O) groups excluding carboxylic acids is 2. The van der Waals surface area contributed by atoms with Gasteiger partial charge in [-0.25, -0.2) is 0 Å². The first-order valence-corrected chi connectivity index (χ1v) is 9.47. The van der Waals surface area contributed by atoms with E-state index in [1.165, 1.54) is 13.0 Å². The molecule has 0 aliphatic heterocycles. The lowest BCUT2D eigenvalue weighted by molar-refractivity contribution is -0.128. The van der Waals surface area contributed by atoms with Crippen LogP contribution in [-0.2, 0) is 4.79 Å². The Morgan fingerprint density at radius 1 is 1.00 bits per heavy atom. The fraction of sp³-hybridized carbons (Fsp3) is 0.300. The van der Waals surface area contributed by atoms with Crippen LogP contribution in [0.25, 0.3) is 0 Å². The van der Waals surface area contributed by atoms with Crippen LogP contribution in [0.15, 0.2) is 42.5 Å². The number of carbonyl (C=O) groups is 2. The average Bonchev–Trinajstić information content (AvgIpc) is 2.66. The predicted octanol–water partition coefficient (Wildman–Crippen LogP) is 4.26. The Morgan fingerprint density at radius 3 is 2.39 bits per heavy atom. The van der Waals surface area contributed by atoms with Gasteiger partial charge in [-0.2, -0.15) is 0 Å². The molecule has 2 N–H and O–H groups in total. The van der Waals surface area contributed by atoms with E-state index in [0.29, 0.717) is 34.6 Å². The molecule has 0 aromatic heterocycles. The maximum Gasteiger partial charge on any atom is 0.279 e. The molecule has 2 rings (SSSR count). The summed E-state index contributed by atoms with van der Waals surface area (Å²) < 4.78 is 11.2. The second-order valence-electron chi connectivity index (χ2n) is 6.48. The van der Waals surface area contributed by atoms with Crippen molar-refractivity contribution in [1.82, 2.24) is 10.9 Å². The summed E-state index contributed by atoms with van der Waals surface area (Å²) in [4.78, 5) is 24.6. The number of nitrogens with one attached hydrogen (secondary N) is 2. The van der Waals surface area contributed by atoms with Crippen molar-refractivity contribution in [3.63, 3.8) is 0 Å². The van der Waals surface area contributed by atoms with Crippen molar-refractivity contribution >= 4 is 35.0 Å². The summed E-state index contributed by atoms with van der Waals surface area (Å²) in [5.74, 6) is 0.0329. The molecule has 0 aliphatic rings. The Labute approximate surface area is 174 Å². The van der Waals surface area contributed by atoms with Gasteiger partial charge in [0, 0.05) is 5.02 Å². The summed E-state index contributed by atoms with van der Waals surface area (Å²) >= 11 is 11.9. The first kappa shape index (κ1) is 21.9. The molecule has 1 atom stereocenters. The molecule has 0 saturated carbocycles. The topological polar surface area (TPSA) is 76.7 Å². The van der Waals surface area contributed by atoms with Crippen molar-refractivity contribution in [2.75, 3.05) is 6.61 Å². The highest BCUT2D eigenvalue weighted by atomic mass is 35.5. The number of benzene rings is 2. The van der Waals surface area contributed by atoms with Crippen molar-refractivity contribution in [3.8, 4) is 11.5 Å². The zero-order valence-corrected chi connectivity index (χ0v) is 17.3. The molecule has 2 aromatic carbocycles. The second kappa shape index (κ2) is 10.2. The van der Waals surface area contributed by atoms with E-state index in [9.17, 15) is 9.59 Å². The minimum Gasteiger partial charge on any atom is -0.492 e. The number of hydrogen-bond donors (Lipinski definition) is 2. The van der Waals surface area contributed by atoms with Crippen LogP contribution in [-0.4, -0.2) is 24.5 Å². The van der Waals surface area contributed by atoms with Gasteiger partial charge in [-0.15, -0.1) is 0 Å². The third-order valence-corrected chi connectivity index (χ3v) is 4.10. The number of ether oxygens (including phenoxy) is 2. The van der Waals surface area contributed by atoms with Crippen molar-refractivity contribution in [2.24, 2.45) is 5.92 Å². The minimum absolute atomic E-state index is 0.285. The highest BCUT2D eigenvalue weighted by Crippen LogP contribution is 2.28. The molecule has 0 saturated heterocycles. The zero-order valence-electron chi connectivity index (χ0n) is 15.8. The lowest BCUT2D eigenvalue weighted by atomic mass is 10.2. The van der Waals surface area contributed by atoms with Crippen molar-refractivity contribution in [3.05, 3.63) is 58.1 Å². The molecule has 8 heteroatoms. The first-order valence-electron chi connectivity index (χ1n) is 8.71. The minimum atomic E-state index is -0.897. The smallest absolute Gasteiger partial charge is 0.279 e. The SMILES string of the molecule is CC(C)COc1ccccc1C(=O)NNC(=O)C(C)Oc1ccc(Cl)cc1Cl. The molecule has 1 unspecified atom stereocenters. The number of hydrogen-bond acceptors (Lipinski definition) is 4. The van der Waals surface area contributed by atoms with Crippen molar-refractivity contribution in [2.45, 2.75) is 26.9 Å². The molecule has 28 heavy (non-hydrogen) atoms. The predicted molar refractivity (Wildman–Crippen MR) is 109 cm³/mol. The maximum absolute atomic E-state index is 12.4. The molecule has 0 spiro atoms. The standard InChI is InChI=1S/C20H22Cl2N2O4/c1-12(2)11-27-17-7-5-4-6-15(17)20(26)24-23-19(25)13(3)28-18-9-8-14(21)10-16(18)22/h4-10,12-13H,11H2,1-3H3,(H,23,25)(H,24,26). The average molecular weight is 425 g/mol. The quantitative estimate of drug-likeness (QED) is 0.651. The number of amides is 2. The number of para-hydroxylation sites is 1.